The molecule has 23 heavy (non-hydrogen) atoms. The van der Waals surface area contributed by atoms with Gasteiger partial charge in [0.05, 0.1) is 0 Å². The van der Waals surface area contributed by atoms with Gasteiger partial charge in [-0.15, -0.1) is 0 Å². The molecule has 1 amide bonds. The van der Waals surface area contributed by atoms with Crippen molar-refractivity contribution in [2.24, 2.45) is 4.99 Å². The predicted molar refractivity (Wildman–Crippen MR) is 96.6 cm³/mol. The highest BCUT2D eigenvalue weighted by Crippen LogP contribution is 2.07. The van der Waals surface area contributed by atoms with Gasteiger partial charge in [-0.05, 0) is 56.0 Å². The standard InChI is InChI=1S/C16H25FN4OS/c1-3-18-16(19-10-4-5-11-23-2)20-12-15(22)21-14-8-6-13(17)7-9-14/h6-9H,3-5,10-12H2,1-2H3,(H,21,22)(H2,18,19,20). The maximum absolute atomic E-state index is 12.8. The van der Waals surface area contributed by atoms with Crippen LogP contribution in [0.1, 0.15) is 19.8 Å². The molecule has 1 rings (SSSR count). The molecule has 128 valence electrons. The van der Waals surface area contributed by atoms with Gasteiger partial charge in [0.2, 0.25) is 5.91 Å². The molecule has 0 saturated carbocycles. The van der Waals surface area contributed by atoms with E-state index in [1.165, 1.54) is 24.3 Å². The summed E-state index contributed by atoms with van der Waals surface area (Å²) in [6, 6.07) is 5.65. The van der Waals surface area contributed by atoms with Crippen LogP contribution in [0.15, 0.2) is 29.3 Å². The molecular formula is C16H25FN4OS. The summed E-state index contributed by atoms with van der Waals surface area (Å²) in [6.07, 6.45) is 4.31. The van der Waals surface area contributed by atoms with Crippen molar-refractivity contribution in [3.63, 3.8) is 0 Å². The molecule has 5 nitrogen and oxygen atoms in total. The van der Waals surface area contributed by atoms with E-state index < -0.39 is 0 Å². The SMILES string of the molecule is CCNC(=NCC(=O)Nc1ccc(F)cc1)NCCCCSC. The van der Waals surface area contributed by atoms with Gasteiger partial charge in [0.1, 0.15) is 12.4 Å². The van der Waals surface area contributed by atoms with Crippen LogP contribution in [0.5, 0.6) is 0 Å². The van der Waals surface area contributed by atoms with Crippen molar-refractivity contribution in [1.29, 1.82) is 0 Å². The summed E-state index contributed by atoms with van der Waals surface area (Å²) in [5.41, 5.74) is 0.557. The second-order valence-electron chi connectivity index (χ2n) is 4.88. The monoisotopic (exact) mass is 340 g/mol. The van der Waals surface area contributed by atoms with Crippen LogP contribution in [0.4, 0.5) is 10.1 Å². The minimum absolute atomic E-state index is 0.0114. The first kappa shape index (κ1) is 19.3. The number of aliphatic imine (C=N–C) groups is 1. The smallest absolute Gasteiger partial charge is 0.246 e. The molecule has 0 aliphatic carbocycles. The van der Waals surface area contributed by atoms with Gasteiger partial charge in [-0.1, -0.05) is 0 Å². The number of hydrogen-bond donors (Lipinski definition) is 3. The predicted octanol–water partition coefficient (Wildman–Crippen LogP) is 2.46. The molecule has 0 aliphatic heterocycles. The topological polar surface area (TPSA) is 65.5 Å². The lowest BCUT2D eigenvalue weighted by Gasteiger charge is -2.11. The number of guanidine groups is 1. The first-order chi connectivity index (χ1) is 11.2. The van der Waals surface area contributed by atoms with Crippen molar-refractivity contribution in [2.45, 2.75) is 19.8 Å². The molecular weight excluding hydrogens is 315 g/mol. The number of thioether (sulfide) groups is 1. The average Bonchev–Trinajstić information content (AvgIpc) is 2.54. The first-order valence-electron chi connectivity index (χ1n) is 7.72. The van der Waals surface area contributed by atoms with Gasteiger partial charge in [-0.2, -0.15) is 11.8 Å². The van der Waals surface area contributed by atoms with Crippen LogP contribution in [-0.4, -0.2) is 43.5 Å². The van der Waals surface area contributed by atoms with Crippen LogP contribution in [0.2, 0.25) is 0 Å². The van der Waals surface area contributed by atoms with Gasteiger partial charge < -0.3 is 16.0 Å². The summed E-state index contributed by atoms with van der Waals surface area (Å²) in [7, 11) is 0. The quantitative estimate of drug-likeness (QED) is 0.367. The van der Waals surface area contributed by atoms with E-state index in [2.05, 4.69) is 27.2 Å². The lowest BCUT2D eigenvalue weighted by Crippen LogP contribution is -2.38. The Labute approximate surface area is 141 Å². The van der Waals surface area contributed by atoms with Crippen molar-refractivity contribution >= 4 is 29.3 Å². The van der Waals surface area contributed by atoms with Gasteiger partial charge in [0.15, 0.2) is 5.96 Å². The number of carbonyl (C=O) groups is 1. The van der Waals surface area contributed by atoms with Crippen molar-refractivity contribution < 1.29 is 9.18 Å². The molecule has 7 heteroatoms. The Kier molecular flexibility index (Phi) is 9.86. The highest BCUT2D eigenvalue weighted by Gasteiger charge is 2.03. The van der Waals surface area contributed by atoms with Gasteiger partial charge in [0, 0.05) is 18.8 Å². The lowest BCUT2D eigenvalue weighted by molar-refractivity contribution is -0.114. The van der Waals surface area contributed by atoms with E-state index in [0.29, 0.717) is 11.6 Å². The molecule has 0 aliphatic rings. The molecule has 0 bridgehead atoms. The summed E-state index contributed by atoms with van der Waals surface area (Å²) >= 11 is 1.84. The molecule has 0 unspecified atom stereocenters. The number of unbranched alkanes of at least 4 members (excludes halogenated alkanes) is 1. The molecule has 3 N–H and O–H groups in total. The fraction of sp³-hybridized carbons (Fsp3) is 0.500. The number of hydrogen-bond acceptors (Lipinski definition) is 3. The first-order valence-corrected chi connectivity index (χ1v) is 9.11. The summed E-state index contributed by atoms with van der Waals surface area (Å²) < 4.78 is 12.8. The molecule has 0 fully saturated rings. The number of rotatable bonds is 9. The number of carbonyl (C=O) groups excluding carboxylic acids is 1. The zero-order valence-electron chi connectivity index (χ0n) is 13.7. The minimum Gasteiger partial charge on any atom is -0.357 e. The normalized spacial score (nSPS) is 11.2. The van der Waals surface area contributed by atoms with Gasteiger partial charge in [0.25, 0.3) is 0 Å². The third-order valence-corrected chi connectivity index (χ3v) is 3.62. The molecule has 0 spiro atoms. The zero-order valence-corrected chi connectivity index (χ0v) is 14.5. The van der Waals surface area contributed by atoms with E-state index in [9.17, 15) is 9.18 Å². The number of halogens is 1. The largest absolute Gasteiger partial charge is 0.357 e. The van der Waals surface area contributed by atoms with Gasteiger partial charge in [-0.25, -0.2) is 9.38 Å². The Balaban J connectivity index is 2.39. The minimum atomic E-state index is -0.332. The number of benzene rings is 1. The van der Waals surface area contributed by atoms with E-state index >= 15 is 0 Å². The number of amides is 1. The van der Waals surface area contributed by atoms with Crippen LogP contribution in [0, 0.1) is 5.82 Å². The Hall–Kier alpha value is -1.76. The van der Waals surface area contributed by atoms with E-state index in [0.717, 1.165) is 31.7 Å². The van der Waals surface area contributed by atoms with Crippen LogP contribution in [0.3, 0.4) is 0 Å². The maximum Gasteiger partial charge on any atom is 0.246 e. The van der Waals surface area contributed by atoms with Crippen molar-refractivity contribution in [1.82, 2.24) is 10.6 Å². The summed E-state index contributed by atoms with van der Waals surface area (Å²) in [4.78, 5) is 16.1. The molecule has 1 aromatic rings. The van der Waals surface area contributed by atoms with E-state index in [-0.39, 0.29) is 18.3 Å². The second kappa shape index (κ2) is 11.8. The Morgan fingerprint density at radius 3 is 2.61 bits per heavy atom. The Morgan fingerprint density at radius 2 is 1.96 bits per heavy atom. The highest BCUT2D eigenvalue weighted by molar-refractivity contribution is 7.98. The molecule has 0 aromatic heterocycles. The van der Waals surface area contributed by atoms with Crippen LogP contribution in [-0.2, 0) is 4.79 Å². The van der Waals surface area contributed by atoms with Crippen molar-refractivity contribution in [2.75, 3.05) is 37.0 Å². The van der Waals surface area contributed by atoms with E-state index in [1.807, 2.05) is 18.7 Å². The zero-order chi connectivity index (χ0) is 16.9. The fourth-order valence-electron chi connectivity index (χ4n) is 1.80. The lowest BCUT2D eigenvalue weighted by atomic mass is 10.3. The van der Waals surface area contributed by atoms with E-state index in [4.69, 9.17) is 0 Å². The Bertz CT molecular complexity index is 493. The van der Waals surface area contributed by atoms with E-state index in [1.54, 1.807) is 0 Å². The third-order valence-electron chi connectivity index (χ3n) is 2.92. The van der Waals surface area contributed by atoms with Gasteiger partial charge in [-0.3, -0.25) is 4.79 Å². The van der Waals surface area contributed by atoms with Crippen LogP contribution in [0.25, 0.3) is 0 Å². The van der Waals surface area contributed by atoms with Gasteiger partial charge >= 0.3 is 0 Å². The second-order valence-corrected chi connectivity index (χ2v) is 5.86. The average molecular weight is 340 g/mol. The van der Waals surface area contributed by atoms with Crippen LogP contribution < -0.4 is 16.0 Å². The fourth-order valence-corrected chi connectivity index (χ4v) is 2.30. The number of anilines is 1. The number of nitrogens with zero attached hydrogens (tertiary/aromatic N) is 1. The summed E-state index contributed by atoms with van der Waals surface area (Å²) in [5.74, 6) is 1.21. The van der Waals surface area contributed by atoms with Crippen molar-refractivity contribution in [3.8, 4) is 0 Å². The molecule has 0 radical (unpaired) electrons. The van der Waals surface area contributed by atoms with Crippen LogP contribution >= 0.6 is 11.8 Å². The summed E-state index contributed by atoms with van der Waals surface area (Å²) in [6.45, 7) is 3.54. The summed E-state index contributed by atoms with van der Waals surface area (Å²) in [5, 5.41) is 8.99. The third kappa shape index (κ3) is 9.07. The molecule has 1 aromatic carbocycles. The van der Waals surface area contributed by atoms with Crippen molar-refractivity contribution in [3.05, 3.63) is 30.1 Å². The Morgan fingerprint density at radius 1 is 1.22 bits per heavy atom. The maximum atomic E-state index is 12.8. The number of nitrogens with one attached hydrogen (secondary N) is 3. The highest BCUT2D eigenvalue weighted by atomic mass is 32.2. The molecule has 0 saturated heterocycles. The molecule has 0 heterocycles. The molecule has 0 atom stereocenters.